The van der Waals surface area contributed by atoms with E-state index in [1.165, 1.54) is 0 Å². The van der Waals surface area contributed by atoms with Gasteiger partial charge in [0.25, 0.3) is 0 Å². The number of nitrogens with zero attached hydrogens (tertiary/aromatic N) is 2. The molecule has 19 heavy (non-hydrogen) atoms. The van der Waals surface area contributed by atoms with E-state index in [9.17, 15) is 5.11 Å². The summed E-state index contributed by atoms with van der Waals surface area (Å²) in [5.41, 5.74) is 8.31. The molecule has 0 fully saturated rings. The molecule has 1 atom stereocenters. The van der Waals surface area contributed by atoms with E-state index in [4.69, 9.17) is 5.73 Å². The summed E-state index contributed by atoms with van der Waals surface area (Å²) in [6.07, 6.45) is 3.11. The van der Waals surface area contributed by atoms with Gasteiger partial charge in [-0.1, -0.05) is 18.2 Å². The molecule has 0 saturated heterocycles. The van der Waals surface area contributed by atoms with Crippen molar-refractivity contribution in [3.8, 4) is 0 Å². The van der Waals surface area contributed by atoms with Crippen LogP contribution in [0.2, 0.25) is 0 Å². The number of H-pyrrole nitrogens is 1. The number of aliphatic hydroxyl groups excluding tert-OH is 1. The number of para-hydroxylation sites is 1. The largest absolute Gasteiger partial charge is 0.388 e. The van der Waals surface area contributed by atoms with Gasteiger partial charge in [0.1, 0.15) is 5.82 Å². The lowest BCUT2D eigenvalue weighted by Gasteiger charge is -2.11. The SMILES string of the molecule is Nc1[nH]ncc1C(O)Cc1ccnc2ccccc12. The van der Waals surface area contributed by atoms with E-state index in [0.29, 0.717) is 17.8 Å². The standard InChI is InChI=1S/C14H14N4O/c15-14-11(8-17-18-14)13(19)7-9-5-6-16-12-4-2-1-3-10(9)12/h1-6,8,13,19H,7H2,(H3,15,17,18). The van der Waals surface area contributed by atoms with Crippen molar-refractivity contribution < 1.29 is 5.11 Å². The Labute approximate surface area is 110 Å². The lowest BCUT2D eigenvalue weighted by Crippen LogP contribution is -2.04. The number of rotatable bonds is 3. The molecule has 96 valence electrons. The minimum atomic E-state index is -0.676. The third-order valence-corrected chi connectivity index (χ3v) is 3.21. The number of nitrogens with one attached hydrogen (secondary N) is 1. The molecule has 0 bridgehead atoms. The van der Waals surface area contributed by atoms with Gasteiger partial charge in [0.05, 0.1) is 17.8 Å². The summed E-state index contributed by atoms with van der Waals surface area (Å²) in [6.45, 7) is 0. The maximum absolute atomic E-state index is 10.2. The number of benzene rings is 1. The minimum Gasteiger partial charge on any atom is -0.388 e. The van der Waals surface area contributed by atoms with Crippen LogP contribution in [0.3, 0.4) is 0 Å². The molecule has 5 heteroatoms. The molecule has 1 aromatic carbocycles. The van der Waals surface area contributed by atoms with Crippen molar-refractivity contribution in [2.75, 3.05) is 5.73 Å². The van der Waals surface area contributed by atoms with Crippen LogP contribution in [0.25, 0.3) is 10.9 Å². The normalized spacial score (nSPS) is 12.7. The van der Waals surface area contributed by atoms with Crippen molar-refractivity contribution in [1.82, 2.24) is 15.2 Å². The number of hydrogen-bond donors (Lipinski definition) is 3. The summed E-state index contributed by atoms with van der Waals surface area (Å²) in [7, 11) is 0. The van der Waals surface area contributed by atoms with Crippen LogP contribution in [-0.4, -0.2) is 20.3 Å². The molecule has 4 N–H and O–H groups in total. The van der Waals surface area contributed by atoms with Gasteiger partial charge in [-0.15, -0.1) is 0 Å². The third kappa shape index (κ3) is 2.15. The molecule has 0 radical (unpaired) electrons. The number of aromatic amines is 1. The maximum atomic E-state index is 10.2. The first kappa shape index (κ1) is 11.7. The second-order valence-corrected chi connectivity index (χ2v) is 4.45. The van der Waals surface area contributed by atoms with Crippen LogP contribution in [0.1, 0.15) is 17.2 Å². The number of hydrogen-bond acceptors (Lipinski definition) is 4. The summed E-state index contributed by atoms with van der Waals surface area (Å²) >= 11 is 0. The molecular weight excluding hydrogens is 240 g/mol. The number of anilines is 1. The van der Waals surface area contributed by atoms with Crippen molar-refractivity contribution in [2.45, 2.75) is 12.5 Å². The van der Waals surface area contributed by atoms with Gasteiger partial charge in [-0.05, 0) is 17.7 Å². The van der Waals surface area contributed by atoms with Crippen LogP contribution in [-0.2, 0) is 6.42 Å². The summed E-state index contributed by atoms with van der Waals surface area (Å²) in [5.74, 6) is 0.408. The molecule has 0 aliphatic rings. The van der Waals surface area contributed by atoms with E-state index in [-0.39, 0.29) is 0 Å². The predicted octanol–water partition coefficient (Wildman–Crippen LogP) is 1.82. The van der Waals surface area contributed by atoms with Gasteiger partial charge in [0.2, 0.25) is 0 Å². The van der Waals surface area contributed by atoms with Crippen LogP contribution in [0.4, 0.5) is 5.82 Å². The number of aliphatic hydroxyl groups is 1. The van der Waals surface area contributed by atoms with E-state index < -0.39 is 6.10 Å². The zero-order chi connectivity index (χ0) is 13.2. The Morgan fingerprint density at radius 2 is 2.11 bits per heavy atom. The van der Waals surface area contributed by atoms with Gasteiger partial charge >= 0.3 is 0 Å². The molecule has 0 saturated carbocycles. The van der Waals surface area contributed by atoms with Gasteiger partial charge < -0.3 is 10.8 Å². The third-order valence-electron chi connectivity index (χ3n) is 3.21. The molecule has 2 aromatic heterocycles. The molecule has 2 heterocycles. The topological polar surface area (TPSA) is 87.8 Å². The van der Waals surface area contributed by atoms with E-state index >= 15 is 0 Å². The fourth-order valence-electron chi connectivity index (χ4n) is 2.22. The number of pyridine rings is 1. The number of nitrogen functional groups attached to an aromatic ring is 1. The molecule has 0 aliphatic heterocycles. The Balaban J connectivity index is 1.96. The molecule has 0 amide bonds. The van der Waals surface area contributed by atoms with Gasteiger partial charge in [0.15, 0.2) is 0 Å². The Bertz CT molecular complexity index is 702. The lowest BCUT2D eigenvalue weighted by molar-refractivity contribution is 0.179. The predicted molar refractivity (Wildman–Crippen MR) is 73.4 cm³/mol. The zero-order valence-electron chi connectivity index (χ0n) is 10.2. The molecular formula is C14H14N4O. The highest BCUT2D eigenvalue weighted by atomic mass is 16.3. The number of fused-ring (bicyclic) bond motifs is 1. The Morgan fingerprint density at radius 1 is 1.26 bits per heavy atom. The van der Waals surface area contributed by atoms with Crippen LogP contribution < -0.4 is 5.73 Å². The monoisotopic (exact) mass is 254 g/mol. The Morgan fingerprint density at radius 3 is 2.89 bits per heavy atom. The Hall–Kier alpha value is -2.40. The molecule has 1 unspecified atom stereocenters. The van der Waals surface area contributed by atoms with E-state index in [0.717, 1.165) is 16.5 Å². The number of nitrogens with two attached hydrogens (primary N) is 1. The van der Waals surface area contributed by atoms with Gasteiger partial charge in [-0.3, -0.25) is 10.1 Å². The highest BCUT2D eigenvalue weighted by Gasteiger charge is 2.14. The summed E-state index contributed by atoms with van der Waals surface area (Å²) in [6, 6.07) is 9.79. The second-order valence-electron chi connectivity index (χ2n) is 4.45. The molecule has 3 aromatic rings. The van der Waals surface area contributed by atoms with Crippen molar-refractivity contribution in [2.24, 2.45) is 0 Å². The van der Waals surface area contributed by atoms with Crippen LogP contribution in [0.5, 0.6) is 0 Å². The Kier molecular flexibility index (Phi) is 2.89. The minimum absolute atomic E-state index is 0.408. The van der Waals surface area contributed by atoms with E-state index in [2.05, 4.69) is 15.2 Å². The van der Waals surface area contributed by atoms with Crippen molar-refractivity contribution in [3.63, 3.8) is 0 Å². The van der Waals surface area contributed by atoms with E-state index in [1.807, 2.05) is 30.3 Å². The summed E-state index contributed by atoms with van der Waals surface area (Å²) in [4.78, 5) is 4.30. The average molecular weight is 254 g/mol. The van der Waals surface area contributed by atoms with Crippen molar-refractivity contribution in [1.29, 1.82) is 0 Å². The van der Waals surface area contributed by atoms with E-state index in [1.54, 1.807) is 12.4 Å². The lowest BCUT2D eigenvalue weighted by atomic mass is 10.0. The quantitative estimate of drug-likeness (QED) is 0.665. The fraction of sp³-hybridized carbons (Fsp3) is 0.143. The second kappa shape index (κ2) is 4.70. The first-order valence-corrected chi connectivity index (χ1v) is 6.05. The molecule has 5 nitrogen and oxygen atoms in total. The summed E-state index contributed by atoms with van der Waals surface area (Å²) in [5, 5.41) is 17.7. The van der Waals surface area contributed by atoms with Crippen LogP contribution in [0, 0.1) is 0 Å². The molecule has 0 spiro atoms. The first-order chi connectivity index (χ1) is 9.25. The maximum Gasteiger partial charge on any atom is 0.124 e. The highest BCUT2D eigenvalue weighted by Crippen LogP contribution is 2.25. The number of aromatic nitrogens is 3. The van der Waals surface area contributed by atoms with Crippen LogP contribution >= 0.6 is 0 Å². The smallest absolute Gasteiger partial charge is 0.124 e. The van der Waals surface area contributed by atoms with Gasteiger partial charge in [0, 0.05) is 23.6 Å². The summed E-state index contributed by atoms with van der Waals surface area (Å²) < 4.78 is 0. The molecule has 3 rings (SSSR count). The first-order valence-electron chi connectivity index (χ1n) is 6.05. The average Bonchev–Trinajstić information content (AvgIpc) is 2.85. The van der Waals surface area contributed by atoms with Crippen molar-refractivity contribution in [3.05, 3.63) is 53.9 Å². The molecule has 0 aliphatic carbocycles. The highest BCUT2D eigenvalue weighted by molar-refractivity contribution is 5.81. The van der Waals surface area contributed by atoms with Gasteiger partial charge in [-0.2, -0.15) is 5.10 Å². The van der Waals surface area contributed by atoms with Crippen molar-refractivity contribution >= 4 is 16.7 Å². The van der Waals surface area contributed by atoms with Gasteiger partial charge in [-0.25, -0.2) is 0 Å². The van der Waals surface area contributed by atoms with Crippen LogP contribution in [0.15, 0.2) is 42.7 Å². The zero-order valence-corrected chi connectivity index (χ0v) is 10.2. The fourth-order valence-corrected chi connectivity index (χ4v) is 2.22.